The molecule has 1 aliphatic heterocycles. The van der Waals surface area contributed by atoms with E-state index in [0.717, 1.165) is 19.4 Å². The highest BCUT2D eigenvalue weighted by Gasteiger charge is 2.20. The summed E-state index contributed by atoms with van der Waals surface area (Å²) < 4.78 is 0. The van der Waals surface area contributed by atoms with Gasteiger partial charge in [0.15, 0.2) is 0 Å². The van der Waals surface area contributed by atoms with Gasteiger partial charge < -0.3 is 15.3 Å². The molecule has 96 valence electrons. The molecule has 1 aliphatic rings. The van der Waals surface area contributed by atoms with Gasteiger partial charge in [-0.25, -0.2) is 0 Å². The van der Waals surface area contributed by atoms with E-state index < -0.39 is 0 Å². The molecule has 0 aromatic rings. The predicted octanol–water partition coefficient (Wildman–Crippen LogP) is 1.61. The van der Waals surface area contributed by atoms with Crippen LogP contribution < -0.4 is 5.32 Å². The highest BCUT2D eigenvalue weighted by molar-refractivity contribution is 4.78. The van der Waals surface area contributed by atoms with Crippen LogP contribution in [0.4, 0.5) is 0 Å². The second-order valence-corrected chi connectivity index (χ2v) is 5.21. The number of nitrogens with zero attached hydrogens (tertiary/aromatic N) is 1. The number of hydrogen-bond donors (Lipinski definition) is 2. The third kappa shape index (κ3) is 4.81. The molecule has 0 aromatic heterocycles. The molecular weight excluding hydrogens is 200 g/mol. The van der Waals surface area contributed by atoms with Gasteiger partial charge >= 0.3 is 0 Å². The van der Waals surface area contributed by atoms with Crippen LogP contribution in [0.2, 0.25) is 0 Å². The SMILES string of the molecule is CCC(O)CCNC1CCN(C(C)C)CC1. The van der Waals surface area contributed by atoms with Crippen molar-refractivity contribution in [2.24, 2.45) is 0 Å². The summed E-state index contributed by atoms with van der Waals surface area (Å²) in [4.78, 5) is 2.54. The topological polar surface area (TPSA) is 35.5 Å². The molecular formula is C13H28N2O. The highest BCUT2D eigenvalue weighted by atomic mass is 16.3. The van der Waals surface area contributed by atoms with Gasteiger partial charge in [0.25, 0.3) is 0 Å². The molecule has 0 radical (unpaired) electrons. The molecule has 1 unspecified atom stereocenters. The Morgan fingerprint density at radius 2 is 1.94 bits per heavy atom. The van der Waals surface area contributed by atoms with Gasteiger partial charge in [0.2, 0.25) is 0 Å². The molecule has 1 atom stereocenters. The van der Waals surface area contributed by atoms with E-state index in [0.29, 0.717) is 12.1 Å². The van der Waals surface area contributed by atoms with E-state index in [1.165, 1.54) is 25.9 Å². The number of likely N-dealkylation sites (tertiary alicyclic amines) is 1. The fraction of sp³-hybridized carbons (Fsp3) is 1.00. The Hall–Kier alpha value is -0.120. The molecule has 1 rings (SSSR count). The van der Waals surface area contributed by atoms with Crippen LogP contribution in [0.3, 0.4) is 0 Å². The monoisotopic (exact) mass is 228 g/mol. The summed E-state index contributed by atoms with van der Waals surface area (Å²) in [5.74, 6) is 0. The number of hydrogen-bond acceptors (Lipinski definition) is 3. The Morgan fingerprint density at radius 1 is 1.31 bits per heavy atom. The van der Waals surface area contributed by atoms with Crippen LogP contribution in [-0.2, 0) is 0 Å². The summed E-state index contributed by atoms with van der Waals surface area (Å²) in [7, 11) is 0. The second-order valence-electron chi connectivity index (χ2n) is 5.21. The van der Waals surface area contributed by atoms with E-state index in [-0.39, 0.29) is 6.10 Å². The fourth-order valence-corrected chi connectivity index (χ4v) is 2.28. The van der Waals surface area contributed by atoms with Crippen LogP contribution in [0, 0.1) is 0 Å². The van der Waals surface area contributed by atoms with Crippen LogP contribution in [-0.4, -0.2) is 47.8 Å². The van der Waals surface area contributed by atoms with Gasteiger partial charge in [-0.1, -0.05) is 6.92 Å². The van der Waals surface area contributed by atoms with Crippen LogP contribution in [0.15, 0.2) is 0 Å². The molecule has 3 nitrogen and oxygen atoms in total. The summed E-state index contributed by atoms with van der Waals surface area (Å²) in [5, 5.41) is 13.0. The van der Waals surface area contributed by atoms with E-state index in [2.05, 4.69) is 24.1 Å². The standard InChI is InChI=1S/C13H28N2O/c1-4-13(16)5-8-14-12-6-9-15(10-7-12)11(2)3/h11-14,16H,4-10H2,1-3H3. The molecule has 0 amide bonds. The van der Waals surface area contributed by atoms with Gasteiger partial charge in [-0.2, -0.15) is 0 Å². The fourth-order valence-electron chi connectivity index (χ4n) is 2.28. The third-order valence-corrected chi connectivity index (χ3v) is 3.64. The first-order valence-corrected chi connectivity index (χ1v) is 6.79. The molecule has 1 heterocycles. The normalized spacial score (nSPS) is 21.6. The van der Waals surface area contributed by atoms with Crippen LogP contribution in [0.25, 0.3) is 0 Å². The lowest BCUT2D eigenvalue weighted by atomic mass is 10.0. The van der Waals surface area contributed by atoms with Crippen molar-refractivity contribution in [3.8, 4) is 0 Å². The van der Waals surface area contributed by atoms with Crippen LogP contribution >= 0.6 is 0 Å². The van der Waals surface area contributed by atoms with E-state index in [9.17, 15) is 5.11 Å². The summed E-state index contributed by atoms with van der Waals surface area (Å²) in [6, 6.07) is 1.35. The summed E-state index contributed by atoms with van der Waals surface area (Å²) in [6.45, 7) is 9.96. The first-order chi connectivity index (χ1) is 7.63. The molecule has 0 aliphatic carbocycles. The lowest BCUT2D eigenvalue weighted by Crippen LogP contribution is -2.45. The lowest BCUT2D eigenvalue weighted by Gasteiger charge is -2.35. The summed E-state index contributed by atoms with van der Waals surface area (Å²) in [5.41, 5.74) is 0. The van der Waals surface area contributed by atoms with Crippen molar-refractivity contribution in [3.05, 3.63) is 0 Å². The Bertz CT molecular complexity index is 177. The van der Waals surface area contributed by atoms with Gasteiger partial charge in [0, 0.05) is 12.1 Å². The van der Waals surface area contributed by atoms with E-state index in [1.54, 1.807) is 0 Å². The smallest absolute Gasteiger partial charge is 0.0549 e. The first-order valence-electron chi connectivity index (χ1n) is 6.79. The van der Waals surface area contributed by atoms with Crippen molar-refractivity contribution in [2.75, 3.05) is 19.6 Å². The van der Waals surface area contributed by atoms with Crippen molar-refractivity contribution >= 4 is 0 Å². The molecule has 16 heavy (non-hydrogen) atoms. The van der Waals surface area contributed by atoms with Crippen molar-refractivity contribution in [1.29, 1.82) is 0 Å². The van der Waals surface area contributed by atoms with Crippen LogP contribution in [0.5, 0.6) is 0 Å². The minimum atomic E-state index is -0.122. The summed E-state index contributed by atoms with van der Waals surface area (Å²) in [6.07, 6.45) is 4.14. The molecule has 3 heteroatoms. The zero-order valence-electron chi connectivity index (χ0n) is 11.1. The van der Waals surface area contributed by atoms with E-state index in [4.69, 9.17) is 0 Å². The first kappa shape index (κ1) is 13.9. The number of rotatable bonds is 6. The minimum Gasteiger partial charge on any atom is -0.393 e. The number of aliphatic hydroxyl groups is 1. The van der Waals surface area contributed by atoms with E-state index in [1.807, 2.05) is 6.92 Å². The quantitative estimate of drug-likeness (QED) is 0.725. The molecule has 1 saturated heterocycles. The minimum absolute atomic E-state index is 0.122. The highest BCUT2D eigenvalue weighted by Crippen LogP contribution is 2.12. The van der Waals surface area contributed by atoms with E-state index >= 15 is 0 Å². The molecule has 1 fully saturated rings. The zero-order valence-corrected chi connectivity index (χ0v) is 11.1. The average molecular weight is 228 g/mol. The number of aliphatic hydroxyl groups excluding tert-OH is 1. The van der Waals surface area contributed by atoms with Gasteiger partial charge in [-0.3, -0.25) is 0 Å². The Labute approximate surface area is 100 Å². The number of nitrogens with one attached hydrogen (secondary N) is 1. The predicted molar refractivity (Wildman–Crippen MR) is 68.6 cm³/mol. The van der Waals surface area contributed by atoms with Gasteiger partial charge in [0.1, 0.15) is 0 Å². The van der Waals surface area contributed by atoms with Crippen LogP contribution in [0.1, 0.15) is 46.5 Å². The average Bonchev–Trinajstić information content (AvgIpc) is 2.29. The maximum absolute atomic E-state index is 9.45. The molecule has 2 N–H and O–H groups in total. The largest absolute Gasteiger partial charge is 0.393 e. The second kappa shape index (κ2) is 7.25. The lowest BCUT2D eigenvalue weighted by molar-refractivity contribution is 0.144. The van der Waals surface area contributed by atoms with Gasteiger partial charge in [-0.05, 0) is 59.2 Å². The Morgan fingerprint density at radius 3 is 2.44 bits per heavy atom. The zero-order chi connectivity index (χ0) is 12.0. The van der Waals surface area contributed by atoms with Crippen molar-refractivity contribution in [1.82, 2.24) is 10.2 Å². The Kier molecular flexibility index (Phi) is 6.32. The molecule has 0 bridgehead atoms. The number of piperidine rings is 1. The van der Waals surface area contributed by atoms with Crippen molar-refractivity contribution in [2.45, 2.75) is 64.6 Å². The third-order valence-electron chi connectivity index (χ3n) is 3.64. The summed E-state index contributed by atoms with van der Waals surface area (Å²) >= 11 is 0. The van der Waals surface area contributed by atoms with Crippen molar-refractivity contribution in [3.63, 3.8) is 0 Å². The van der Waals surface area contributed by atoms with Gasteiger partial charge in [0.05, 0.1) is 6.10 Å². The van der Waals surface area contributed by atoms with Gasteiger partial charge in [-0.15, -0.1) is 0 Å². The molecule has 0 saturated carbocycles. The maximum Gasteiger partial charge on any atom is 0.0549 e. The Balaban J connectivity index is 2.08. The maximum atomic E-state index is 9.45. The molecule has 0 aromatic carbocycles. The van der Waals surface area contributed by atoms with Crippen molar-refractivity contribution < 1.29 is 5.11 Å². The molecule has 0 spiro atoms.